The van der Waals surface area contributed by atoms with Crippen LogP contribution in [0.4, 0.5) is 34.1 Å². The molecule has 0 amide bonds. The first-order chi connectivity index (χ1) is 31.5. The average Bonchev–Trinajstić information content (AvgIpc) is 4.02. The van der Waals surface area contributed by atoms with E-state index in [2.05, 4.69) is 173 Å². The summed E-state index contributed by atoms with van der Waals surface area (Å²) in [5.41, 5.74) is 21.6. The van der Waals surface area contributed by atoms with Crippen LogP contribution in [0.3, 0.4) is 0 Å². The van der Waals surface area contributed by atoms with E-state index in [9.17, 15) is 0 Å². The molecule has 2 aromatic heterocycles. The predicted molar refractivity (Wildman–Crippen MR) is 264 cm³/mol. The highest BCUT2D eigenvalue weighted by molar-refractivity contribution is 5.93. The van der Waals surface area contributed by atoms with Gasteiger partial charge in [0.05, 0.1) is 22.7 Å². The Morgan fingerprint density at radius 3 is 1.18 bits per heavy atom. The van der Waals surface area contributed by atoms with E-state index in [-0.39, 0.29) is 16.2 Å². The molecule has 314 valence electrons. The number of aromatic nitrogens is 2. The molecular formula is C59H46N4O2. The molecule has 0 radical (unpaired) electrons. The molecule has 0 bridgehead atoms. The molecule has 1 aliphatic carbocycles. The number of nitrogens with zero attached hydrogens (tertiary/aromatic N) is 4. The van der Waals surface area contributed by atoms with Crippen molar-refractivity contribution in [3.8, 4) is 34.0 Å². The van der Waals surface area contributed by atoms with Gasteiger partial charge >= 0.3 is 0 Å². The molecule has 10 aromatic rings. The molecule has 0 unspecified atom stereocenters. The van der Waals surface area contributed by atoms with Crippen LogP contribution in [0.5, 0.6) is 0 Å². The number of para-hydroxylation sites is 6. The number of anilines is 6. The summed E-state index contributed by atoms with van der Waals surface area (Å²) >= 11 is 0. The molecule has 4 heterocycles. The van der Waals surface area contributed by atoms with Gasteiger partial charge in [-0.15, -0.1) is 0 Å². The molecule has 0 saturated carbocycles. The lowest BCUT2D eigenvalue weighted by Gasteiger charge is -2.42. The summed E-state index contributed by atoms with van der Waals surface area (Å²) in [5, 5.41) is 0. The number of hydrogen-bond donors (Lipinski definition) is 0. The molecule has 3 aliphatic rings. The normalized spacial score (nSPS) is 15.8. The van der Waals surface area contributed by atoms with Gasteiger partial charge in [0, 0.05) is 38.7 Å². The minimum atomic E-state index is -0.279. The van der Waals surface area contributed by atoms with Crippen LogP contribution in [0, 0.1) is 0 Å². The lowest BCUT2D eigenvalue weighted by atomic mass is 9.73. The van der Waals surface area contributed by atoms with Crippen LogP contribution < -0.4 is 9.80 Å². The third kappa shape index (κ3) is 5.34. The topological polar surface area (TPSA) is 58.5 Å². The number of benzene rings is 8. The monoisotopic (exact) mass is 842 g/mol. The summed E-state index contributed by atoms with van der Waals surface area (Å²) in [6, 6.07) is 61.2. The van der Waals surface area contributed by atoms with Crippen molar-refractivity contribution in [3.05, 3.63) is 203 Å². The molecule has 8 aromatic carbocycles. The van der Waals surface area contributed by atoms with Crippen LogP contribution in [0.2, 0.25) is 0 Å². The largest absolute Gasteiger partial charge is 0.436 e. The van der Waals surface area contributed by atoms with Crippen molar-refractivity contribution in [1.29, 1.82) is 0 Å². The van der Waals surface area contributed by atoms with Crippen LogP contribution in [0.15, 0.2) is 179 Å². The van der Waals surface area contributed by atoms with Gasteiger partial charge in [-0.2, -0.15) is 0 Å². The molecule has 0 fully saturated rings. The number of oxazole rings is 2. The van der Waals surface area contributed by atoms with E-state index in [0.717, 1.165) is 56.1 Å². The Labute approximate surface area is 378 Å². The van der Waals surface area contributed by atoms with Gasteiger partial charge in [0.1, 0.15) is 11.0 Å². The third-order valence-corrected chi connectivity index (χ3v) is 14.7. The Bertz CT molecular complexity index is 3320. The van der Waals surface area contributed by atoms with Gasteiger partial charge in [-0.3, -0.25) is 0 Å². The fourth-order valence-electron chi connectivity index (χ4n) is 11.2. The second kappa shape index (κ2) is 13.2. The van der Waals surface area contributed by atoms with Gasteiger partial charge in [-0.1, -0.05) is 114 Å². The fourth-order valence-corrected chi connectivity index (χ4v) is 11.2. The smallest absolute Gasteiger partial charge is 0.227 e. The molecule has 0 saturated heterocycles. The molecule has 13 rings (SSSR count). The molecule has 2 aliphatic heterocycles. The van der Waals surface area contributed by atoms with Crippen molar-refractivity contribution >= 4 is 56.3 Å². The first kappa shape index (κ1) is 37.8. The first-order valence-electron chi connectivity index (χ1n) is 22.6. The lowest BCUT2D eigenvalue weighted by molar-refractivity contribution is 0.615. The minimum absolute atomic E-state index is 0.264. The van der Waals surface area contributed by atoms with Crippen LogP contribution in [0.1, 0.15) is 74.9 Å². The maximum Gasteiger partial charge on any atom is 0.227 e. The highest BCUT2D eigenvalue weighted by atomic mass is 16.4. The molecule has 0 atom stereocenters. The molecule has 6 nitrogen and oxygen atoms in total. The maximum atomic E-state index is 6.29. The zero-order valence-electron chi connectivity index (χ0n) is 37.3. The quantitative estimate of drug-likeness (QED) is 0.176. The zero-order valence-corrected chi connectivity index (χ0v) is 37.3. The second-order valence-corrected chi connectivity index (χ2v) is 19.5. The molecule has 0 spiro atoms. The Kier molecular flexibility index (Phi) is 7.67. The van der Waals surface area contributed by atoms with Crippen molar-refractivity contribution in [1.82, 2.24) is 9.97 Å². The summed E-state index contributed by atoms with van der Waals surface area (Å²) in [4.78, 5) is 14.7. The van der Waals surface area contributed by atoms with Gasteiger partial charge in [0.2, 0.25) is 11.8 Å². The zero-order chi connectivity index (χ0) is 44.0. The summed E-state index contributed by atoms with van der Waals surface area (Å²) in [6.07, 6.45) is 0. The van der Waals surface area contributed by atoms with Gasteiger partial charge in [-0.25, -0.2) is 9.97 Å². The van der Waals surface area contributed by atoms with E-state index in [4.69, 9.17) is 18.8 Å². The van der Waals surface area contributed by atoms with Gasteiger partial charge in [0.25, 0.3) is 0 Å². The highest BCUT2D eigenvalue weighted by Crippen LogP contribution is 2.58. The summed E-state index contributed by atoms with van der Waals surface area (Å²) in [5.74, 6) is 1.27. The van der Waals surface area contributed by atoms with Crippen LogP contribution >= 0.6 is 0 Å². The van der Waals surface area contributed by atoms with Crippen LogP contribution in [0.25, 0.3) is 56.2 Å². The van der Waals surface area contributed by atoms with E-state index in [1.54, 1.807) is 0 Å². The van der Waals surface area contributed by atoms with Crippen LogP contribution in [-0.4, -0.2) is 9.97 Å². The summed E-state index contributed by atoms with van der Waals surface area (Å²) in [7, 11) is 0. The fraction of sp³-hybridized carbons (Fsp3) is 0.153. The standard InChI is InChI=1S/C59H46N4O2/c1-57(2)41-15-7-11-19-49(41)62(51-29-23-35(31-45(51)57)55-60-47-17-9-13-21-53(47)64-55)37-25-27-39-40-28-26-38(34-44(40)59(5,6)43(39)33-37)63-50-20-12-8-16-42(50)58(3,4)46-32-36(24-30-52(46)63)56-61-48-18-10-14-22-54(48)65-56/h7-34H,1-6H3. The Balaban J connectivity index is 0.911. The van der Waals surface area contributed by atoms with E-state index < -0.39 is 0 Å². The Hall–Kier alpha value is -7.70. The molecular weight excluding hydrogens is 797 g/mol. The molecule has 6 heteroatoms. The van der Waals surface area contributed by atoms with Crippen LogP contribution in [-0.2, 0) is 16.2 Å². The second-order valence-electron chi connectivity index (χ2n) is 19.5. The lowest BCUT2D eigenvalue weighted by Crippen LogP contribution is -2.31. The van der Waals surface area contributed by atoms with Crippen molar-refractivity contribution < 1.29 is 8.83 Å². The van der Waals surface area contributed by atoms with Gasteiger partial charge in [-0.05, 0) is 142 Å². The predicted octanol–water partition coefficient (Wildman–Crippen LogP) is 15.8. The maximum absolute atomic E-state index is 6.29. The number of hydrogen-bond acceptors (Lipinski definition) is 6. The Morgan fingerprint density at radius 1 is 0.354 bits per heavy atom. The van der Waals surface area contributed by atoms with Crippen molar-refractivity contribution in [2.45, 2.75) is 57.8 Å². The van der Waals surface area contributed by atoms with E-state index >= 15 is 0 Å². The van der Waals surface area contributed by atoms with E-state index in [1.807, 2.05) is 48.5 Å². The Morgan fingerprint density at radius 2 is 0.738 bits per heavy atom. The minimum Gasteiger partial charge on any atom is -0.436 e. The number of rotatable bonds is 4. The summed E-state index contributed by atoms with van der Waals surface area (Å²) in [6.45, 7) is 14.1. The third-order valence-electron chi connectivity index (χ3n) is 14.7. The highest BCUT2D eigenvalue weighted by Gasteiger charge is 2.42. The van der Waals surface area contributed by atoms with E-state index in [1.165, 1.54) is 55.9 Å². The van der Waals surface area contributed by atoms with Gasteiger partial charge < -0.3 is 18.6 Å². The van der Waals surface area contributed by atoms with Gasteiger partial charge in [0.15, 0.2) is 11.2 Å². The summed E-state index contributed by atoms with van der Waals surface area (Å²) < 4.78 is 12.6. The van der Waals surface area contributed by atoms with Crippen molar-refractivity contribution in [2.75, 3.05) is 9.80 Å². The SMILES string of the molecule is CC1(C)c2cc(N3c4ccccc4C(C)(C)c4cc(-c5nc6ccccc6o5)ccc43)ccc2-c2ccc(N3c4ccccc4C(C)(C)c4cc(-c5nc6ccccc6o5)ccc43)cc21. The number of fused-ring (bicyclic) bond motifs is 9. The average molecular weight is 843 g/mol. The first-order valence-corrected chi connectivity index (χ1v) is 22.6. The van der Waals surface area contributed by atoms with Crippen molar-refractivity contribution in [3.63, 3.8) is 0 Å². The molecule has 0 N–H and O–H groups in total. The van der Waals surface area contributed by atoms with E-state index in [0.29, 0.717) is 11.8 Å². The molecule has 65 heavy (non-hydrogen) atoms. The van der Waals surface area contributed by atoms with Crippen molar-refractivity contribution in [2.24, 2.45) is 0 Å².